The standard InChI is InChI=1S/C27H24BrNO7/c1-2-34-26(32)15-4-3-9-29(13-15)14-21-22(30)7-6-18-19(12-24(31)36-25(18)21)20-11-16-10-17(28)5-8-23(16)35-27(20)33/h5-8,10-12,15,30H,2-4,9,13-14H2,1H3. The van der Waals surface area contributed by atoms with E-state index < -0.39 is 11.3 Å². The molecular weight excluding hydrogens is 530 g/mol. The first-order chi connectivity index (χ1) is 17.3. The first-order valence-electron chi connectivity index (χ1n) is 11.8. The van der Waals surface area contributed by atoms with Gasteiger partial charge in [-0.1, -0.05) is 15.9 Å². The molecule has 36 heavy (non-hydrogen) atoms. The summed E-state index contributed by atoms with van der Waals surface area (Å²) in [6.07, 6.45) is 1.54. The maximum absolute atomic E-state index is 12.9. The molecule has 186 valence electrons. The van der Waals surface area contributed by atoms with Crippen LogP contribution in [0.15, 0.2) is 65.4 Å². The Bertz CT molecular complexity index is 1590. The number of carbonyl (C=O) groups excluding carboxylic acids is 1. The zero-order valence-electron chi connectivity index (χ0n) is 19.6. The van der Waals surface area contributed by atoms with E-state index in [9.17, 15) is 19.5 Å². The molecule has 1 aliphatic heterocycles. The number of nitrogens with zero attached hydrogens (tertiary/aromatic N) is 1. The van der Waals surface area contributed by atoms with E-state index in [0.717, 1.165) is 23.9 Å². The Balaban J connectivity index is 1.59. The Labute approximate surface area is 214 Å². The van der Waals surface area contributed by atoms with Crippen LogP contribution in [0.1, 0.15) is 25.3 Å². The van der Waals surface area contributed by atoms with Gasteiger partial charge >= 0.3 is 17.2 Å². The van der Waals surface area contributed by atoms with E-state index in [1.165, 1.54) is 12.1 Å². The fraction of sp³-hybridized carbons (Fsp3) is 0.296. The zero-order chi connectivity index (χ0) is 25.4. The van der Waals surface area contributed by atoms with Crippen molar-refractivity contribution in [3.05, 3.63) is 73.3 Å². The number of hydrogen-bond donors (Lipinski definition) is 1. The molecule has 2 aromatic carbocycles. The molecule has 0 aliphatic carbocycles. The van der Waals surface area contributed by atoms with Gasteiger partial charge in [0, 0.05) is 40.0 Å². The molecule has 1 fully saturated rings. The predicted molar refractivity (Wildman–Crippen MR) is 138 cm³/mol. The van der Waals surface area contributed by atoms with Crippen LogP contribution in [0.2, 0.25) is 0 Å². The van der Waals surface area contributed by atoms with E-state index in [1.807, 2.05) is 11.0 Å². The molecule has 8 nitrogen and oxygen atoms in total. The fourth-order valence-corrected chi connectivity index (χ4v) is 5.18. The van der Waals surface area contributed by atoms with Crippen molar-refractivity contribution in [2.75, 3.05) is 19.7 Å². The average molecular weight is 554 g/mol. The Morgan fingerprint density at radius 3 is 2.78 bits per heavy atom. The van der Waals surface area contributed by atoms with E-state index in [0.29, 0.717) is 40.6 Å². The van der Waals surface area contributed by atoms with Crippen molar-refractivity contribution >= 4 is 43.8 Å². The van der Waals surface area contributed by atoms with Gasteiger partial charge in [0.2, 0.25) is 0 Å². The average Bonchev–Trinajstić information content (AvgIpc) is 2.85. The van der Waals surface area contributed by atoms with Crippen molar-refractivity contribution in [1.82, 2.24) is 4.90 Å². The van der Waals surface area contributed by atoms with Crippen LogP contribution in [0.3, 0.4) is 0 Å². The molecule has 0 amide bonds. The topological polar surface area (TPSA) is 110 Å². The molecule has 1 N–H and O–H groups in total. The van der Waals surface area contributed by atoms with Crippen LogP contribution in [-0.4, -0.2) is 35.7 Å². The quantitative estimate of drug-likeness (QED) is 0.277. The van der Waals surface area contributed by atoms with E-state index in [4.69, 9.17) is 13.6 Å². The highest BCUT2D eigenvalue weighted by molar-refractivity contribution is 9.10. The molecular formula is C27H24BrNO7. The van der Waals surface area contributed by atoms with Gasteiger partial charge in [0.05, 0.1) is 23.7 Å². The number of esters is 1. The van der Waals surface area contributed by atoms with E-state index in [1.54, 1.807) is 31.2 Å². The van der Waals surface area contributed by atoms with Crippen LogP contribution in [-0.2, 0) is 16.1 Å². The largest absolute Gasteiger partial charge is 0.507 e. The molecule has 4 aromatic rings. The lowest BCUT2D eigenvalue weighted by Gasteiger charge is -2.31. The van der Waals surface area contributed by atoms with Gasteiger partial charge in [0.15, 0.2) is 0 Å². The second-order valence-corrected chi connectivity index (χ2v) is 9.79. The number of hydrogen-bond acceptors (Lipinski definition) is 8. The van der Waals surface area contributed by atoms with Crippen LogP contribution < -0.4 is 11.3 Å². The van der Waals surface area contributed by atoms with Crippen molar-refractivity contribution in [1.29, 1.82) is 0 Å². The number of fused-ring (bicyclic) bond motifs is 2. The monoisotopic (exact) mass is 553 g/mol. The van der Waals surface area contributed by atoms with Crippen molar-refractivity contribution in [3.8, 4) is 16.9 Å². The summed E-state index contributed by atoms with van der Waals surface area (Å²) >= 11 is 3.42. The summed E-state index contributed by atoms with van der Waals surface area (Å²) in [5.74, 6) is -0.511. The van der Waals surface area contributed by atoms with Crippen LogP contribution in [0.5, 0.6) is 5.75 Å². The number of piperidine rings is 1. The SMILES string of the molecule is CCOC(=O)C1CCCN(Cc2c(O)ccc3c(-c4cc5cc(Br)ccc5oc4=O)cc(=O)oc23)C1. The number of phenolic OH excluding ortho intramolecular Hbond substituents is 1. The van der Waals surface area contributed by atoms with Crippen molar-refractivity contribution in [2.24, 2.45) is 5.92 Å². The third-order valence-corrected chi connectivity index (χ3v) is 6.98. The van der Waals surface area contributed by atoms with Gasteiger partial charge in [-0.3, -0.25) is 9.69 Å². The van der Waals surface area contributed by atoms with E-state index >= 15 is 0 Å². The number of phenols is 1. The summed E-state index contributed by atoms with van der Waals surface area (Å²) in [6.45, 7) is 3.57. The van der Waals surface area contributed by atoms with Gasteiger partial charge < -0.3 is 18.7 Å². The first kappa shape index (κ1) is 24.3. The first-order valence-corrected chi connectivity index (χ1v) is 12.5. The lowest BCUT2D eigenvalue weighted by Crippen LogP contribution is -2.39. The van der Waals surface area contributed by atoms with Crippen LogP contribution >= 0.6 is 15.9 Å². The molecule has 1 saturated heterocycles. The molecule has 5 rings (SSSR count). The van der Waals surface area contributed by atoms with Gasteiger partial charge in [0.1, 0.15) is 16.9 Å². The Morgan fingerprint density at radius 2 is 1.97 bits per heavy atom. The Morgan fingerprint density at radius 1 is 1.14 bits per heavy atom. The fourth-order valence-electron chi connectivity index (χ4n) is 4.80. The highest BCUT2D eigenvalue weighted by atomic mass is 79.9. The maximum atomic E-state index is 12.9. The summed E-state index contributed by atoms with van der Waals surface area (Å²) in [5.41, 5.74) is 0.393. The Kier molecular flexibility index (Phi) is 6.68. The number of carbonyl (C=O) groups is 1. The third kappa shape index (κ3) is 4.68. The van der Waals surface area contributed by atoms with E-state index in [2.05, 4.69) is 15.9 Å². The van der Waals surface area contributed by atoms with Gasteiger partial charge in [-0.2, -0.15) is 0 Å². The molecule has 0 radical (unpaired) electrons. The molecule has 0 saturated carbocycles. The minimum absolute atomic E-state index is 0.0319. The minimum Gasteiger partial charge on any atom is -0.507 e. The molecule has 9 heteroatoms. The molecule has 2 aromatic heterocycles. The number of likely N-dealkylation sites (tertiary alicyclic amines) is 1. The van der Waals surface area contributed by atoms with Crippen LogP contribution in [0.25, 0.3) is 33.1 Å². The zero-order valence-corrected chi connectivity index (χ0v) is 21.2. The second kappa shape index (κ2) is 9.91. The highest BCUT2D eigenvalue weighted by Gasteiger charge is 2.28. The highest BCUT2D eigenvalue weighted by Crippen LogP contribution is 2.34. The number of halogens is 1. The summed E-state index contributed by atoms with van der Waals surface area (Å²) in [6, 6.07) is 11.4. The summed E-state index contributed by atoms with van der Waals surface area (Å²) < 4.78 is 17.1. The lowest BCUT2D eigenvalue weighted by molar-refractivity contribution is -0.150. The molecule has 1 unspecified atom stereocenters. The summed E-state index contributed by atoms with van der Waals surface area (Å²) in [5, 5.41) is 11.9. The molecule has 0 bridgehead atoms. The van der Waals surface area contributed by atoms with Gasteiger partial charge in [0.25, 0.3) is 0 Å². The van der Waals surface area contributed by atoms with E-state index in [-0.39, 0.29) is 35.3 Å². The van der Waals surface area contributed by atoms with Crippen LogP contribution in [0.4, 0.5) is 0 Å². The normalized spacial score (nSPS) is 16.4. The lowest BCUT2D eigenvalue weighted by atomic mass is 9.96. The summed E-state index contributed by atoms with van der Waals surface area (Å²) in [7, 11) is 0. The van der Waals surface area contributed by atoms with Crippen molar-refractivity contribution in [3.63, 3.8) is 0 Å². The van der Waals surface area contributed by atoms with Gasteiger partial charge in [-0.05, 0) is 62.7 Å². The Hall–Kier alpha value is -3.43. The second-order valence-electron chi connectivity index (χ2n) is 8.88. The third-order valence-electron chi connectivity index (χ3n) is 6.48. The number of ether oxygens (including phenoxy) is 1. The maximum Gasteiger partial charge on any atom is 0.344 e. The molecule has 0 spiro atoms. The predicted octanol–water partition coefficient (Wildman–Crippen LogP) is 4.81. The summed E-state index contributed by atoms with van der Waals surface area (Å²) in [4.78, 5) is 39.8. The van der Waals surface area contributed by atoms with Gasteiger partial charge in [-0.25, -0.2) is 9.59 Å². The molecule has 3 heterocycles. The number of benzene rings is 2. The van der Waals surface area contributed by atoms with Gasteiger partial charge in [-0.15, -0.1) is 0 Å². The van der Waals surface area contributed by atoms with Crippen molar-refractivity contribution < 1.29 is 23.5 Å². The van der Waals surface area contributed by atoms with Crippen molar-refractivity contribution in [2.45, 2.75) is 26.3 Å². The molecule has 1 atom stereocenters. The number of rotatable bonds is 5. The van der Waals surface area contributed by atoms with Crippen LogP contribution in [0, 0.1) is 5.92 Å². The minimum atomic E-state index is -0.652. The number of aromatic hydroxyl groups is 1. The smallest absolute Gasteiger partial charge is 0.344 e. The molecule has 1 aliphatic rings.